The van der Waals surface area contributed by atoms with Crippen molar-refractivity contribution >= 4 is 47.8 Å². The summed E-state index contributed by atoms with van der Waals surface area (Å²) in [5.74, 6) is -2.61. The fourth-order valence-corrected chi connectivity index (χ4v) is 8.80. The zero-order valence-electron chi connectivity index (χ0n) is 19.9. The monoisotopic (exact) mass is 527 g/mol. The summed E-state index contributed by atoms with van der Waals surface area (Å²) in [6.07, 6.45) is 2.42. The zero-order valence-corrected chi connectivity index (χ0v) is 21.5. The Morgan fingerprint density at radius 3 is 2.66 bits per heavy atom. The molecule has 3 N–H and O–H groups in total. The van der Waals surface area contributed by atoms with Crippen LogP contribution in [0.15, 0.2) is 23.0 Å². The van der Waals surface area contributed by atoms with Crippen LogP contribution in [-0.4, -0.2) is 63.7 Å². The fourth-order valence-electron chi connectivity index (χ4n) is 8.26. The van der Waals surface area contributed by atoms with Gasteiger partial charge in [-0.25, -0.2) is 0 Å². The van der Waals surface area contributed by atoms with Crippen LogP contribution in [0, 0.1) is 28.6 Å². The summed E-state index contributed by atoms with van der Waals surface area (Å²) in [6.45, 7) is 4.54. The molecule has 6 bridgehead atoms. The molecule has 10 heteroatoms. The Kier molecular flexibility index (Phi) is 6.12. The Morgan fingerprint density at radius 2 is 2.00 bits per heavy atom. The normalized spacial score (nSPS) is 45.8. The van der Waals surface area contributed by atoms with Gasteiger partial charge in [0.1, 0.15) is 23.5 Å². The lowest BCUT2D eigenvalue weighted by atomic mass is 9.44. The smallest absolute Gasteiger partial charge is 0.207 e. The molecule has 0 radical (unpaired) electrons. The molecule has 8 nitrogen and oxygen atoms in total. The van der Waals surface area contributed by atoms with Crippen LogP contribution in [0.25, 0.3) is 0 Å². The average Bonchev–Trinajstić information content (AvgIpc) is 2.98. The molecule has 8 atom stereocenters. The van der Waals surface area contributed by atoms with Gasteiger partial charge in [-0.1, -0.05) is 19.4 Å². The van der Waals surface area contributed by atoms with E-state index in [1.165, 1.54) is 6.08 Å². The summed E-state index contributed by atoms with van der Waals surface area (Å²) in [5.41, 5.74) is -3.45. The van der Waals surface area contributed by atoms with E-state index in [1.54, 1.807) is 6.92 Å². The van der Waals surface area contributed by atoms with Gasteiger partial charge in [0, 0.05) is 5.41 Å². The van der Waals surface area contributed by atoms with Gasteiger partial charge in [-0.3, -0.25) is 19.2 Å². The zero-order chi connectivity index (χ0) is 24.8. The van der Waals surface area contributed by atoms with E-state index < -0.39 is 57.9 Å². The van der Waals surface area contributed by atoms with Crippen LogP contribution in [0.4, 0.5) is 0 Å². The van der Waals surface area contributed by atoms with Crippen LogP contribution >= 0.6 is 24.0 Å². The SMILES string of the molecule is C[C@H]1C[C@H]2[C@@H]3CCC4=CC(=O)C(C(=O)CNC=O)=C5OCC(=O)[C@]1(O)[C@]2(C)C[C@@H](O)C3(Cl)[C@]45C.Cl. The number of alkyl halides is 1. The lowest BCUT2D eigenvalue weighted by Gasteiger charge is -2.65. The largest absolute Gasteiger partial charge is 0.488 e. The Bertz CT molecular complexity index is 1090. The van der Waals surface area contributed by atoms with Gasteiger partial charge in [-0.15, -0.1) is 24.0 Å². The molecule has 2 heterocycles. The number of aliphatic hydroxyl groups excluding tert-OH is 1. The van der Waals surface area contributed by atoms with Crippen LogP contribution in [-0.2, 0) is 23.9 Å². The molecule has 0 aromatic heterocycles. The minimum absolute atomic E-state index is 0. The molecule has 6 aliphatic rings. The van der Waals surface area contributed by atoms with Crippen molar-refractivity contribution in [3.8, 4) is 0 Å². The first-order valence-corrected chi connectivity index (χ1v) is 12.2. The number of carbonyl (C=O) groups excluding carboxylic acids is 4. The molecule has 3 saturated carbocycles. The summed E-state index contributed by atoms with van der Waals surface area (Å²) in [4.78, 5) is 49.2. The number of hydrogen-bond acceptors (Lipinski definition) is 7. The van der Waals surface area contributed by atoms with E-state index in [4.69, 9.17) is 16.3 Å². The van der Waals surface area contributed by atoms with E-state index in [-0.39, 0.29) is 47.9 Å². The summed E-state index contributed by atoms with van der Waals surface area (Å²) in [7, 11) is 0. The first kappa shape index (κ1) is 26.3. The number of hydrogen-bond donors (Lipinski definition) is 3. The van der Waals surface area contributed by atoms with E-state index in [0.29, 0.717) is 31.2 Å². The van der Waals surface area contributed by atoms with E-state index >= 15 is 0 Å². The van der Waals surface area contributed by atoms with Crippen molar-refractivity contribution < 1.29 is 34.1 Å². The molecule has 0 aromatic rings. The molecule has 0 spiro atoms. The maximum absolute atomic E-state index is 13.6. The third-order valence-electron chi connectivity index (χ3n) is 9.90. The topological polar surface area (TPSA) is 130 Å². The van der Waals surface area contributed by atoms with E-state index in [2.05, 4.69) is 5.32 Å². The standard InChI is InChI=1S/C25H30ClNO7.ClH/c1-12-6-15-14-5-4-13-7-16(29)20(17(30)9-27-11-28)21-23(13,3)24(14,26)18(31)8-22(15,2)25(12,33)19(32)10-34-21;/h7,11-12,14-15,18,31,33H,4-6,8-10H2,1-3H3,(H,27,28);1H/t12-,14-,15-,18+,22+,23+,24?,25-;/m0./s1. The van der Waals surface area contributed by atoms with E-state index in [9.17, 15) is 29.4 Å². The molecule has 6 rings (SSSR count). The van der Waals surface area contributed by atoms with Gasteiger partial charge < -0.3 is 20.3 Å². The highest BCUT2D eigenvalue weighted by molar-refractivity contribution is 6.29. The number of rotatable bonds is 4. The summed E-state index contributed by atoms with van der Waals surface area (Å²) in [5, 5.41) is 25.8. The van der Waals surface area contributed by atoms with Gasteiger partial charge in [-0.05, 0) is 56.4 Å². The highest BCUT2D eigenvalue weighted by Gasteiger charge is 2.76. The molecular formula is C25H31Cl2NO7. The van der Waals surface area contributed by atoms with Crippen molar-refractivity contribution in [2.24, 2.45) is 28.6 Å². The first-order chi connectivity index (χ1) is 15.9. The maximum Gasteiger partial charge on any atom is 0.207 e. The maximum atomic E-state index is 13.6. The molecule has 5 fully saturated rings. The lowest BCUT2D eigenvalue weighted by Crippen LogP contribution is -2.71. The van der Waals surface area contributed by atoms with Crippen molar-refractivity contribution in [1.29, 1.82) is 0 Å². The second kappa shape index (κ2) is 8.13. The van der Waals surface area contributed by atoms with Gasteiger partial charge in [0.25, 0.3) is 0 Å². The molecular weight excluding hydrogens is 497 g/mol. The average molecular weight is 528 g/mol. The molecule has 192 valence electrons. The van der Waals surface area contributed by atoms with Crippen LogP contribution < -0.4 is 5.32 Å². The number of halogens is 2. The molecule has 4 aliphatic carbocycles. The highest BCUT2D eigenvalue weighted by Crippen LogP contribution is 2.73. The second-order valence-corrected chi connectivity index (χ2v) is 11.7. The van der Waals surface area contributed by atoms with Crippen LogP contribution in [0.3, 0.4) is 0 Å². The summed E-state index contributed by atoms with van der Waals surface area (Å²) in [6, 6.07) is 0. The third kappa shape index (κ3) is 2.88. The lowest BCUT2D eigenvalue weighted by molar-refractivity contribution is -0.188. The van der Waals surface area contributed by atoms with Crippen molar-refractivity contribution in [1.82, 2.24) is 5.32 Å². The summed E-state index contributed by atoms with van der Waals surface area (Å²) >= 11 is 7.50. The second-order valence-electron chi connectivity index (χ2n) is 11.1. The van der Waals surface area contributed by atoms with E-state index in [1.807, 2.05) is 13.8 Å². The number of allylic oxidation sites excluding steroid dienone is 2. The van der Waals surface area contributed by atoms with Gasteiger partial charge in [0.05, 0.1) is 22.9 Å². The Hall–Kier alpha value is -1.74. The minimum atomic E-state index is -1.73. The summed E-state index contributed by atoms with van der Waals surface area (Å²) < 4.78 is 6.03. The van der Waals surface area contributed by atoms with Crippen molar-refractivity contribution in [3.63, 3.8) is 0 Å². The number of ketones is 3. The molecule has 1 amide bonds. The predicted octanol–water partition coefficient (Wildman–Crippen LogP) is 1.64. The predicted molar refractivity (Wildman–Crippen MR) is 128 cm³/mol. The molecule has 1 unspecified atom stereocenters. The fraction of sp³-hybridized carbons (Fsp3) is 0.680. The van der Waals surface area contributed by atoms with Crippen LogP contribution in [0.1, 0.15) is 46.5 Å². The number of carbonyl (C=O) groups is 4. The number of amides is 1. The van der Waals surface area contributed by atoms with Crippen molar-refractivity contribution in [2.75, 3.05) is 13.2 Å². The molecule has 0 aromatic carbocycles. The van der Waals surface area contributed by atoms with Crippen molar-refractivity contribution in [2.45, 2.75) is 63.0 Å². The van der Waals surface area contributed by atoms with Gasteiger partial charge in [0.15, 0.2) is 11.6 Å². The van der Waals surface area contributed by atoms with Gasteiger partial charge in [0.2, 0.25) is 12.2 Å². The van der Waals surface area contributed by atoms with Crippen LogP contribution in [0.2, 0.25) is 0 Å². The minimum Gasteiger partial charge on any atom is -0.488 e. The number of aliphatic hydroxyl groups is 2. The number of Topliss-reactive ketones (excluding diaryl/α,β-unsaturated/α-hetero) is 2. The highest BCUT2D eigenvalue weighted by atomic mass is 35.5. The Balaban J connectivity index is 0.00000289. The van der Waals surface area contributed by atoms with Gasteiger partial charge in [-0.2, -0.15) is 0 Å². The van der Waals surface area contributed by atoms with Crippen LogP contribution in [0.5, 0.6) is 0 Å². The number of fused-ring (bicyclic) bond motifs is 3. The van der Waals surface area contributed by atoms with Gasteiger partial charge >= 0.3 is 0 Å². The molecule has 2 saturated heterocycles. The Labute approximate surface area is 214 Å². The van der Waals surface area contributed by atoms with Crippen molar-refractivity contribution in [3.05, 3.63) is 23.0 Å². The van der Waals surface area contributed by atoms with E-state index in [0.717, 1.165) is 0 Å². The Morgan fingerprint density at radius 1 is 1.31 bits per heavy atom. The molecule has 2 aliphatic heterocycles. The quantitative estimate of drug-likeness (QED) is 0.287. The number of nitrogens with one attached hydrogen (secondary N) is 1. The molecule has 35 heavy (non-hydrogen) atoms. The third-order valence-corrected chi connectivity index (χ3v) is 10.8. The number of ether oxygens (including phenoxy) is 1. The first-order valence-electron chi connectivity index (χ1n) is 11.8.